The predicted octanol–water partition coefficient (Wildman–Crippen LogP) is 1.80. The van der Waals surface area contributed by atoms with Crippen LogP contribution in [0.5, 0.6) is 0 Å². The van der Waals surface area contributed by atoms with Crippen molar-refractivity contribution in [3.63, 3.8) is 0 Å². The molecule has 0 fully saturated rings. The van der Waals surface area contributed by atoms with Crippen LogP contribution in [0.2, 0.25) is 0 Å². The first kappa shape index (κ1) is 16.3. The van der Waals surface area contributed by atoms with Gasteiger partial charge in [0.15, 0.2) is 0 Å². The summed E-state index contributed by atoms with van der Waals surface area (Å²) in [7, 11) is 1.28. The lowest BCUT2D eigenvalue weighted by atomic mass is 10.2. The number of nitro groups is 1. The van der Waals surface area contributed by atoms with Gasteiger partial charge in [0.1, 0.15) is 17.2 Å². The van der Waals surface area contributed by atoms with Gasteiger partial charge in [0.2, 0.25) is 5.82 Å². The Kier molecular flexibility index (Phi) is 4.79. The summed E-state index contributed by atoms with van der Waals surface area (Å²) in [5.74, 6) is 0.0639. The topological polar surface area (TPSA) is 120 Å². The third kappa shape index (κ3) is 3.76. The molecular weight excluding hydrogens is 302 g/mol. The van der Waals surface area contributed by atoms with Gasteiger partial charge in [-0.25, -0.2) is 19.7 Å². The van der Waals surface area contributed by atoms with Crippen molar-refractivity contribution in [2.75, 3.05) is 12.4 Å². The molecule has 0 saturated carbocycles. The lowest BCUT2D eigenvalue weighted by Gasteiger charge is -2.08. The molecule has 9 nitrogen and oxygen atoms in total. The van der Waals surface area contributed by atoms with Crippen LogP contribution < -0.4 is 5.32 Å². The minimum Gasteiger partial charge on any atom is -0.464 e. The van der Waals surface area contributed by atoms with E-state index in [1.165, 1.54) is 19.4 Å². The number of hydrogen-bond donors (Lipinski definition) is 1. The molecule has 9 heteroatoms. The highest BCUT2D eigenvalue weighted by Gasteiger charge is 2.20. The molecule has 0 aliphatic carbocycles. The smallest absolute Gasteiger partial charge is 0.356 e. The molecule has 0 saturated heterocycles. The second kappa shape index (κ2) is 6.77. The third-order valence-corrected chi connectivity index (χ3v) is 3.03. The molecule has 0 atom stereocenters. The second-order valence-electron chi connectivity index (χ2n) is 4.71. The quantitative estimate of drug-likeness (QED) is 0.503. The molecule has 0 aliphatic rings. The van der Waals surface area contributed by atoms with Crippen molar-refractivity contribution in [2.45, 2.75) is 20.4 Å². The van der Waals surface area contributed by atoms with Gasteiger partial charge in [-0.2, -0.15) is 0 Å². The van der Waals surface area contributed by atoms with Crippen molar-refractivity contribution in [1.29, 1.82) is 0 Å². The van der Waals surface area contributed by atoms with Gasteiger partial charge in [-0.15, -0.1) is 0 Å². The van der Waals surface area contributed by atoms with E-state index < -0.39 is 10.9 Å². The fraction of sp³-hybridized carbons (Fsp3) is 0.286. The molecule has 0 radical (unpaired) electrons. The number of ether oxygens (including phenoxy) is 1. The molecule has 2 rings (SSSR count). The number of esters is 1. The molecule has 0 amide bonds. The first-order chi connectivity index (χ1) is 10.9. The molecule has 0 bridgehead atoms. The summed E-state index contributed by atoms with van der Waals surface area (Å²) in [6, 6.07) is 3.20. The number of pyridine rings is 1. The van der Waals surface area contributed by atoms with E-state index in [0.29, 0.717) is 11.5 Å². The molecule has 23 heavy (non-hydrogen) atoms. The summed E-state index contributed by atoms with van der Waals surface area (Å²) in [6.45, 7) is 3.49. The number of aryl methyl sites for hydroxylation is 2. The zero-order valence-corrected chi connectivity index (χ0v) is 12.9. The maximum Gasteiger partial charge on any atom is 0.356 e. The molecule has 0 aliphatic heterocycles. The lowest BCUT2D eigenvalue weighted by molar-refractivity contribution is -0.385. The second-order valence-corrected chi connectivity index (χ2v) is 4.71. The monoisotopic (exact) mass is 317 g/mol. The molecule has 120 valence electrons. The van der Waals surface area contributed by atoms with Crippen LogP contribution in [-0.4, -0.2) is 33.0 Å². The van der Waals surface area contributed by atoms with E-state index in [-0.39, 0.29) is 23.7 Å². The highest BCUT2D eigenvalue weighted by Crippen LogP contribution is 2.25. The van der Waals surface area contributed by atoms with E-state index in [9.17, 15) is 14.9 Å². The van der Waals surface area contributed by atoms with Gasteiger partial charge >= 0.3 is 11.7 Å². The van der Waals surface area contributed by atoms with Crippen molar-refractivity contribution in [3.05, 3.63) is 51.2 Å². The summed E-state index contributed by atoms with van der Waals surface area (Å²) in [5, 5.41) is 14.0. The predicted molar refractivity (Wildman–Crippen MR) is 81.1 cm³/mol. The van der Waals surface area contributed by atoms with E-state index in [0.717, 1.165) is 5.56 Å². The summed E-state index contributed by atoms with van der Waals surface area (Å²) in [5.41, 5.74) is 1.07. The average molecular weight is 317 g/mol. The number of carbonyl (C=O) groups excluding carboxylic acids is 1. The Morgan fingerprint density at radius 3 is 2.65 bits per heavy atom. The van der Waals surface area contributed by atoms with Gasteiger partial charge in [0, 0.05) is 12.7 Å². The van der Waals surface area contributed by atoms with Crippen LogP contribution in [0, 0.1) is 24.0 Å². The molecule has 2 heterocycles. The number of aromatic nitrogens is 3. The fourth-order valence-electron chi connectivity index (χ4n) is 1.99. The van der Waals surface area contributed by atoms with Gasteiger partial charge in [0.05, 0.1) is 12.0 Å². The first-order valence-corrected chi connectivity index (χ1v) is 6.69. The van der Waals surface area contributed by atoms with E-state index >= 15 is 0 Å². The number of rotatable bonds is 5. The van der Waals surface area contributed by atoms with Crippen LogP contribution in [0.15, 0.2) is 18.3 Å². The fourth-order valence-corrected chi connectivity index (χ4v) is 1.99. The van der Waals surface area contributed by atoms with Crippen LogP contribution in [0.4, 0.5) is 11.5 Å². The van der Waals surface area contributed by atoms with Crippen LogP contribution in [0.1, 0.15) is 27.6 Å². The largest absolute Gasteiger partial charge is 0.464 e. The molecule has 2 aromatic heterocycles. The van der Waals surface area contributed by atoms with Crippen molar-refractivity contribution >= 4 is 17.5 Å². The van der Waals surface area contributed by atoms with Crippen molar-refractivity contribution in [1.82, 2.24) is 15.0 Å². The molecule has 0 spiro atoms. The SMILES string of the molecule is COC(=O)c1ccc(CNc2nc(C)nc(C)c2[N+](=O)[O-])cn1. The Bertz CT molecular complexity index is 746. The standard InChI is InChI=1S/C14H15N5O4/c1-8-12(19(21)22)13(18-9(2)17-8)16-7-10-4-5-11(15-6-10)14(20)23-3/h4-6H,7H2,1-3H3,(H,16,17,18). The van der Waals surface area contributed by atoms with E-state index in [1.54, 1.807) is 19.9 Å². The molecule has 0 aromatic carbocycles. The summed E-state index contributed by atoms with van der Waals surface area (Å²) < 4.78 is 4.56. The van der Waals surface area contributed by atoms with E-state index in [1.807, 2.05) is 0 Å². The van der Waals surface area contributed by atoms with Gasteiger partial charge in [-0.05, 0) is 25.5 Å². The zero-order valence-electron chi connectivity index (χ0n) is 12.9. The Hall–Kier alpha value is -3.10. The molecule has 0 unspecified atom stereocenters. The van der Waals surface area contributed by atoms with Gasteiger partial charge < -0.3 is 10.1 Å². The van der Waals surface area contributed by atoms with Gasteiger partial charge in [-0.1, -0.05) is 6.07 Å². The van der Waals surface area contributed by atoms with Gasteiger partial charge in [0.25, 0.3) is 0 Å². The maximum atomic E-state index is 11.3. The number of nitrogens with zero attached hydrogens (tertiary/aromatic N) is 4. The van der Waals surface area contributed by atoms with Crippen LogP contribution >= 0.6 is 0 Å². The number of methoxy groups -OCH3 is 1. The first-order valence-electron chi connectivity index (χ1n) is 6.69. The average Bonchev–Trinajstić information content (AvgIpc) is 2.51. The van der Waals surface area contributed by atoms with E-state index in [2.05, 4.69) is 25.0 Å². The Morgan fingerprint density at radius 1 is 1.35 bits per heavy atom. The molecule has 2 aromatic rings. The number of hydrogen-bond acceptors (Lipinski definition) is 8. The minimum atomic E-state index is -0.526. The van der Waals surface area contributed by atoms with Crippen LogP contribution in [0.25, 0.3) is 0 Å². The number of nitrogens with one attached hydrogen (secondary N) is 1. The highest BCUT2D eigenvalue weighted by atomic mass is 16.6. The highest BCUT2D eigenvalue weighted by molar-refractivity contribution is 5.86. The van der Waals surface area contributed by atoms with Crippen LogP contribution in [0.3, 0.4) is 0 Å². The van der Waals surface area contributed by atoms with Gasteiger partial charge in [-0.3, -0.25) is 10.1 Å². The van der Waals surface area contributed by atoms with Crippen molar-refractivity contribution in [2.24, 2.45) is 0 Å². The Balaban J connectivity index is 2.18. The maximum absolute atomic E-state index is 11.3. The number of carbonyl (C=O) groups is 1. The summed E-state index contributed by atoms with van der Waals surface area (Å²) >= 11 is 0. The Labute approximate surface area is 131 Å². The van der Waals surface area contributed by atoms with E-state index in [4.69, 9.17) is 0 Å². The Morgan fingerprint density at radius 2 is 2.09 bits per heavy atom. The third-order valence-electron chi connectivity index (χ3n) is 3.03. The van der Waals surface area contributed by atoms with Crippen molar-refractivity contribution in [3.8, 4) is 0 Å². The summed E-state index contributed by atoms with van der Waals surface area (Å²) in [4.78, 5) is 34.0. The molecule has 1 N–H and O–H groups in total. The normalized spacial score (nSPS) is 10.2. The lowest BCUT2D eigenvalue weighted by Crippen LogP contribution is -2.09. The van der Waals surface area contributed by atoms with Crippen LogP contribution in [-0.2, 0) is 11.3 Å². The van der Waals surface area contributed by atoms with Crippen molar-refractivity contribution < 1.29 is 14.5 Å². The zero-order chi connectivity index (χ0) is 17.0. The number of anilines is 1. The summed E-state index contributed by atoms with van der Waals surface area (Å²) in [6.07, 6.45) is 1.49. The minimum absolute atomic E-state index is 0.150. The molecular formula is C14H15N5O4.